The van der Waals surface area contributed by atoms with Crippen molar-refractivity contribution in [3.05, 3.63) is 81.8 Å². The molecule has 6 nitrogen and oxygen atoms in total. The summed E-state index contributed by atoms with van der Waals surface area (Å²) < 4.78 is 0.828. The largest absolute Gasteiger partial charge is 0.332 e. The third-order valence-electron chi connectivity index (χ3n) is 5.27. The second kappa shape index (κ2) is 10.2. The second-order valence-electron chi connectivity index (χ2n) is 7.83. The first-order valence-corrected chi connectivity index (χ1v) is 12.0. The number of hydrogen-bond donors (Lipinski definition) is 2. The Hall–Kier alpha value is -3.10. The van der Waals surface area contributed by atoms with Gasteiger partial charge < -0.3 is 5.32 Å². The highest BCUT2D eigenvalue weighted by Crippen LogP contribution is 2.22. The van der Waals surface area contributed by atoms with Gasteiger partial charge in [0.2, 0.25) is 0 Å². The Balaban J connectivity index is 1.49. The van der Waals surface area contributed by atoms with Crippen LogP contribution in [0, 0.1) is 6.92 Å². The van der Waals surface area contributed by atoms with Crippen LogP contribution >= 0.6 is 28.1 Å². The lowest BCUT2D eigenvalue weighted by molar-refractivity contribution is 0.0977. The van der Waals surface area contributed by atoms with Gasteiger partial charge in [-0.2, -0.15) is 4.80 Å². The second-order valence-corrected chi connectivity index (χ2v) is 9.16. The molecule has 0 radical (unpaired) electrons. The molecule has 1 aromatic heterocycles. The van der Waals surface area contributed by atoms with Gasteiger partial charge in [0.15, 0.2) is 5.11 Å². The number of thiocarbonyl (C=S) groups is 1. The Bertz CT molecular complexity index is 1320. The van der Waals surface area contributed by atoms with E-state index in [1.807, 2.05) is 37.3 Å². The van der Waals surface area contributed by atoms with Gasteiger partial charge in [-0.25, -0.2) is 0 Å². The minimum absolute atomic E-state index is 0.220. The van der Waals surface area contributed by atoms with Gasteiger partial charge in [-0.1, -0.05) is 47.5 Å². The molecule has 0 atom stereocenters. The lowest BCUT2D eigenvalue weighted by atomic mass is 10.1. The Labute approximate surface area is 206 Å². The Morgan fingerprint density at radius 1 is 1.06 bits per heavy atom. The summed E-state index contributed by atoms with van der Waals surface area (Å²) in [5.74, 6) is -0.277. The minimum atomic E-state index is -0.277. The fraction of sp³-hybridized carbons (Fsp3) is 0.200. The number of carbonyl (C=O) groups is 1. The smallest absolute Gasteiger partial charge is 0.257 e. The lowest BCUT2D eigenvalue weighted by Gasteiger charge is -2.11. The first-order chi connectivity index (χ1) is 15.9. The number of halogens is 1. The zero-order chi connectivity index (χ0) is 23.4. The summed E-state index contributed by atoms with van der Waals surface area (Å²) >= 11 is 8.73. The Morgan fingerprint density at radius 3 is 2.48 bits per heavy atom. The summed E-state index contributed by atoms with van der Waals surface area (Å²) in [4.78, 5) is 14.1. The molecule has 0 aliphatic rings. The van der Waals surface area contributed by atoms with E-state index < -0.39 is 0 Å². The van der Waals surface area contributed by atoms with Gasteiger partial charge in [0, 0.05) is 15.7 Å². The van der Waals surface area contributed by atoms with Gasteiger partial charge >= 0.3 is 0 Å². The van der Waals surface area contributed by atoms with Crippen LogP contribution in [-0.2, 0) is 6.42 Å². The summed E-state index contributed by atoms with van der Waals surface area (Å²) in [6, 6.07) is 19.3. The molecule has 4 rings (SSSR count). The van der Waals surface area contributed by atoms with Crippen molar-refractivity contribution >= 4 is 55.9 Å². The van der Waals surface area contributed by atoms with Crippen molar-refractivity contribution in [1.82, 2.24) is 20.3 Å². The predicted octanol–water partition coefficient (Wildman–Crippen LogP) is 5.96. The van der Waals surface area contributed by atoms with Gasteiger partial charge in [-0.05, 0) is 85.6 Å². The number of benzene rings is 3. The minimum Gasteiger partial charge on any atom is -0.332 e. The van der Waals surface area contributed by atoms with Crippen LogP contribution in [0.5, 0.6) is 0 Å². The number of aryl methyl sites for hydroxylation is 2. The molecule has 0 spiro atoms. The maximum absolute atomic E-state index is 12.5. The van der Waals surface area contributed by atoms with Crippen LogP contribution in [0.2, 0.25) is 0 Å². The van der Waals surface area contributed by atoms with Crippen LogP contribution < -0.4 is 10.6 Å². The van der Waals surface area contributed by atoms with Gasteiger partial charge in [0.1, 0.15) is 11.0 Å². The van der Waals surface area contributed by atoms with Crippen LogP contribution in [0.15, 0.2) is 65.1 Å². The summed E-state index contributed by atoms with van der Waals surface area (Å²) in [7, 11) is 0. The Morgan fingerprint density at radius 2 is 1.79 bits per heavy atom. The number of carbonyl (C=O) groups excluding carboxylic acids is 1. The van der Waals surface area contributed by atoms with E-state index in [1.165, 1.54) is 18.4 Å². The van der Waals surface area contributed by atoms with E-state index >= 15 is 0 Å². The van der Waals surface area contributed by atoms with Crippen molar-refractivity contribution in [3.8, 4) is 5.69 Å². The van der Waals surface area contributed by atoms with Gasteiger partial charge in [-0.15, -0.1) is 10.2 Å². The molecule has 8 heteroatoms. The van der Waals surface area contributed by atoms with Crippen molar-refractivity contribution in [1.29, 1.82) is 0 Å². The van der Waals surface area contributed by atoms with E-state index in [1.54, 1.807) is 23.0 Å². The summed E-state index contributed by atoms with van der Waals surface area (Å²) in [5.41, 5.74) is 5.99. The van der Waals surface area contributed by atoms with Crippen LogP contribution in [0.3, 0.4) is 0 Å². The number of nitrogens with one attached hydrogen (secondary N) is 2. The van der Waals surface area contributed by atoms with Crippen LogP contribution in [0.4, 0.5) is 5.69 Å². The van der Waals surface area contributed by atoms with E-state index in [-0.39, 0.29) is 11.0 Å². The molecule has 33 heavy (non-hydrogen) atoms. The average molecular weight is 522 g/mol. The third kappa shape index (κ3) is 5.64. The molecule has 4 aromatic rings. The molecular weight excluding hydrogens is 498 g/mol. The molecular formula is C25H24BrN5OS. The van der Waals surface area contributed by atoms with E-state index in [9.17, 15) is 4.79 Å². The van der Waals surface area contributed by atoms with E-state index in [2.05, 4.69) is 55.8 Å². The standard InChI is InChI=1S/C25H24BrN5OS/c1-3-4-6-17-9-11-20(12-10-17)31-29-22-13-16(2)21(15-23(22)30-31)27-25(33)28-24(32)18-7-5-8-19(26)14-18/h5,7-15H,3-4,6H2,1-2H3,(H2,27,28,32,33). The number of anilines is 1. The molecule has 0 fully saturated rings. The Kier molecular flexibility index (Phi) is 7.15. The number of fused-ring (bicyclic) bond motifs is 1. The number of unbranched alkanes of at least 4 members (excludes halogenated alkanes) is 1. The summed E-state index contributed by atoms with van der Waals surface area (Å²) in [6.45, 7) is 4.16. The van der Waals surface area contributed by atoms with Crippen molar-refractivity contribution in [2.45, 2.75) is 33.1 Å². The van der Waals surface area contributed by atoms with Crippen LogP contribution in [-0.4, -0.2) is 26.0 Å². The highest BCUT2D eigenvalue weighted by atomic mass is 79.9. The number of hydrogen-bond acceptors (Lipinski definition) is 4. The van der Waals surface area contributed by atoms with Crippen molar-refractivity contribution in [3.63, 3.8) is 0 Å². The fourth-order valence-electron chi connectivity index (χ4n) is 3.45. The fourth-order valence-corrected chi connectivity index (χ4v) is 4.06. The first-order valence-electron chi connectivity index (χ1n) is 10.8. The molecule has 1 amide bonds. The molecule has 0 aliphatic heterocycles. The number of rotatable bonds is 6. The quantitative estimate of drug-likeness (QED) is 0.306. The van der Waals surface area contributed by atoms with E-state index in [0.29, 0.717) is 5.56 Å². The highest BCUT2D eigenvalue weighted by molar-refractivity contribution is 9.10. The topological polar surface area (TPSA) is 71.8 Å². The van der Waals surface area contributed by atoms with E-state index in [0.717, 1.165) is 38.9 Å². The molecule has 1 heterocycles. The average Bonchev–Trinajstić information content (AvgIpc) is 3.20. The molecule has 0 aliphatic carbocycles. The zero-order valence-electron chi connectivity index (χ0n) is 18.4. The van der Waals surface area contributed by atoms with Gasteiger partial charge in [0.05, 0.1) is 5.69 Å². The van der Waals surface area contributed by atoms with Crippen LogP contribution in [0.25, 0.3) is 16.7 Å². The summed E-state index contributed by atoms with van der Waals surface area (Å²) in [6.07, 6.45) is 3.45. The number of aromatic nitrogens is 3. The van der Waals surface area contributed by atoms with Crippen LogP contribution in [0.1, 0.15) is 41.3 Å². The lowest BCUT2D eigenvalue weighted by Crippen LogP contribution is -2.34. The number of amides is 1. The van der Waals surface area contributed by atoms with E-state index in [4.69, 9.17) is 12.2 Å². The molecule has 2 N–H and O–H groups in total. The summed E-state index contributed by atoms with van der Waals surface area (Å²) in [5, 5.41) is 15.3. The maximum Gasteiger partial charge on any atom is 0.257 e. The van der Waals surface area contributed by atoms with Crippen molar-refractivity contribution in [2.24, 2.45) is 0 Å². The molecule has 0 bridgehead atoms. The monoisotopic (exact) mass is 521 g/mol. The molecule has 168 valence electrons. The van der Waals surface area contributed by atoms with Gasteiger partial charge in [0.25, 0.3) is 5.91 Å². The SMILES string of the molecule is CCCCc1ccc(-n2nc3cc(C)c(NC(=S)NC(=O)c4cccc(Br)c4)cc3n2)cc1. The zero-order valence-corrected chi connectivity index (χ0v) is 20.8. The molecule has 0 unspecified atom stereocenters. The third-order valence-corrected chi connectivity index (χ3v) is 5.97. The highest BCUT2D eigenvalue weighted by Gasteiger charge is 2.12. The van der Waals surface area contributed by atoms with Crippen molar-refractivity contribution in [2.75, 3.05) is 5.32 Å². The normalized spacial score (nSPS) is 10.9. The van der Waals surface area contributed by atoms with Crippen molar-refractivity contribution < 1.29 is 4.79 Å². The number of nitrogens with zero attached hydrogens (tertiary/aromatic N) is 3. The molecule has 3 aromatic carbocycles. The molecule has 0 saturated carbocycles. The molecule has 0 saturated heterocycles. The predicted molar refractivity (Wildman–Crippen MR) is 140 cm³/mol. The first kappa shape index (κ1) is 23.1. The maximum atomic E-state index is 12.5. The van der Waals surface area contributed by atoms with Gasteiger partial charge in [-0.3, -0.25) is 10.1 Å².